The van der Waals surface area contributed by atoms with Crippen molar-refractivity contribution in [3.63, 3.8) is 0 Å². The molecule has 0 radical (unpaired) electrons. The van der Waals surface area contributed by atoms with Crippen molar-refractivity contribution in [2.24, 2.45) is 17.6 Å². The molecule has 0 aromatic heterocycles. The van der Waals surface area contributed by atoms with Gasteiger partial charge in [-0.3, -0.25) is 14.4 Å². The third kappa shape index (κ3) is 10.8. The van der Waals surface area contributed by atoms with Crippen LogP contribution in [-0.4, -0.2) is 47.9 Å². The van der Waals surface area contributed by atoms with E-state index in [1.807, 2.05) is 6.92 Å². The van der Waals surface area contributed by atoms with Crippen molar-refractivity contribution in [2.45, 2.75) is 99.0 Å². The number of carbonyl (C=O) groups is 4. The van der Waals surface area contributed by atoms with E-state index in [2.05, 4.69) is 0 Å². The average Bonchev–Trinajstić information content (AvgIpc) is 2.79. The van der Waals surface area contributed by atoms with Gasteiger partial charge >= 0.3 is 24.1 Å². The molecular formula is C27H41NO9. The Hall–Kier alpha value is -3.14. The highest BCUT2D eigenvalue weighted by atomic mass is 16.7. The highest BCUT2D eigenvalue weighted by Gasteiger charge is 2.28. The fraction of sp³-hybridized carbons (Fsp3) is 0.630. The molecule has 37 heavy (non-hydrogen) atoms. The molecule has 208 valence electrons. The van der Waals surface area contributed by atoms with Crippen LogP contribution in [0.2, 0.25) is 0 Å². The minimum atomic E-state index is -1.06. The van der Waals surface area contributed by atoms with Crippen molar-refractivity contribution in [3.05, 3.63) is 23.8 Å². The van der Waals surface area contributed by atoms with Crippen molar-refractivity contribution < 1.29 is 42.9 Å². The van der Waals surface area contributed by atoms with Gasteiger partial charge in [0.25, 0.3) is 0 Å². The van der Waals surface area contributed by atoms with Crippen molar-refractivity contribution in [3.8, 4) is 11.5 Å². The van der Waals surface area contributed by atoms with Crippen LogP contribution in [0.15, 0.2) is 18.2 Å². The second kappa shape index (κ2) is 14.0. The molecule has 3 atom stereocenters. The number of ether oxygens (including phenoxy) is 5. The maximum absolute atomic E-state index is 12.6. The maximum Gasteiger partial charge on any atom is 0.509 e. The molecule has 1 rings (SSSR count). The summed E-state index contributed by atoms with van der Waals surface area (Å²) in [7, 11) is 0. The second-order valence-corrected chi connectivity index (χ2v) is 10.2. The van der Waals surface area contributed by atoms with E-state index >= 15 is 0 Å². The highest BCUT2D eigenvalue weighted by molar-refractivity contribution is 5.78. The van der Waals surface area contributed by atoms with Crippen LogP contribution in [0, 0.1) is 11.8 Å². The average molecular weight is 524 g/mol. The Labute approximate surface area is 219 Å². The molecule has 0 saturated carbocycles. The first-order valence-electron chi connectivity index (χ1n) is 12.5. The van der Waals surface area contributed by atoms with E-state index in [0.29, 0.717) is 12.0 Å². The molecule has 0 unspecified atom stereocenters. The van der Waals surface area contributed by atoms with Gasteiger partial charge in [0.1, 0.15) is 23.9 Å². The minimum absolute atomic E-state index is 0.0506. The third-order valence-electron chi connectivity index (χ3n) is 5.59. The first-order valence-corrected chi connectivity index (χ1v) is 12.5. The van der Waals surface area contributed by atoms with Gasteiger partial charge in [0.2, 0.25) is 0 Å². The lowest BCUT2D eigenvalue weighted by atomic mass is 10.1. The van der Waals surface area contributed by atoms with Crippen molar-refractivity contribution >= 4 is 24.1 Å². The fourth-order valence-electron chi connectivity index (χ4n) is 2.57. The highest BCUT2D eigenvalue weighted by Crippen LogP contribution is 2.30. The van der Waals surface area contributed by atoms with E-state index in [1.54, 1.807) is 61.5 Å². The quantitative estimate of drug-likeness (QED) is 0.311. The van der Waals surface area contributed by atoms with Crippen LogP contribution in [0.4, 0.5) is 4.79 Å². The number of carbonyl (C=O) groups excluding carboxylic acids is 4. The van der Waals surface area contributed by atoms with E-state index in [1.165, 1.54) is 12.1 Å². The summed E-state index contributed by atoms with van der Waals surface area (Å²) in [5.41, 5.74) is 5.94. The van der Waals surface area contributed by atoms with Gasteiger partial charge in [-0.05, 0) is 58.2 Å². The van der Waals surface area contributed by atoms with Crippen molar-refractivity contribution in [2.75, 3.05) is 0 Å². The number of nitrogens with two attached hydrogens (primary N) is 1. The number of rotatable bonds is 12. The lowest BCUT2D eigenvalue weighted by Gasteiger charge is -2.26. The third-order valence-corrected chi connectivity index (χ3v) is 5.59. The number of hydrogen-bond donors (Lipinski definition) is 1. The number of esters is 3. The first-order chi connectivity index (χ1) is 17.1. The zero-order valence-corrected chi connectivity index (χ0v) is 23.3. The first kappa shape index (κ1) is 31.9. The molecule has 0 heterocycles. The van der Waals surface area contributed by atoms with Crippen LogP contribution in [0.5, 0.6) is 11.5 Å². The molecule has 0 bridgehead atoms. The summed E-state index contributed by atoms with van der Waals surface area (Å²) in [5.74, 6) is -2.36. The molecule has 2 N–H and O–H groups in total. The summed E-state index contributed by atoms with van der Waals surface area (Å²) in [6.07, 6.45) is -1.74. The normalized spacial score (nSPS) is 13.9. The van der Waals surface area contributed by atoms with Gasteiger partial charge in [-0.15, -0.1) is 0 Å². The van der Waals surface area contributed by atoms with E-state index in [4.69, 9.17) is 29.4 Å². The lowest BCUT2D eigenvalue weighted by molar-refractivity contribution is -0.156. The van der Waals surface area contributed by atoms with Gasteiger partial charge in [-0.25, -0.2) is 4.79 Å². The Bertz CT molecular complexity index is 955. The predicted octanol–water partition coefficient (Wildman–Crippen LogP) is 4.34. The molecule has 1 aromatic carbocycles. The molecule has 10 nitrogen and oxygen atoms in total. The Morgan fingerprint density at radius 1 is 0.811 bits per heavy atom. The maximum atomic E-state index is 12.6. The molecule has 0 saturated heterocycles. The zero-order valence-electron chi connectivity index (χ0n) is 23.3. The Kier molecular flexibility index (Phi) is 12.0. The molecule has 1 aromatic rings. The summed E-state index contributed by atoms with van der Waals surface area (Å²) in [6.45, 7) is 15.3. The van der Waals surface area contributed by atoms with E-state index in [9.17, 15) is 19.2 Å². The Morgan fingerprint density at radius 3 is 1.84 bits per heavy atom. The van der Waals surface area contributed by atoms with Crippen LogP contribution in [-0.2, 0) is 35.0 Å². The van der Waals surface area contributed by atoms with Crippen LogP contribution in [0.3, 0.4) is 0 Å². The van der Waals surface area contributed by atoms with Crippen molar-refractivity contribution in [1.82, 2.24) is 0 Å². The van der Waals surface area contributed by atoms with Gasteiger partial charge in [0.15, 0.2) is 11.5 Å². The molecule has 0 aliphatic carbocycles. The summed E-state index contributed by atoms with van der Waals surface area (Å²) in [6, 6.07) is 3.54. The molecule has 10 heteroatoms. The topological polar surface area (TPSA) is 140 Å². The Balaban J connectivity index is 2.87. The van der Waals surface area contributed by atoms with Crippen LogP contribution < -0.4 is 15.2 Å². The van der Waals surface area contributed by atoms with Crippen LogP contribution in [0.1, 0.15) is 74.3 Å². The number of hydrogen-bond acceptors (Lipinski definition) is 10. The molecule has 0 amide bonds. The summed E-state index contributed by atoms with van der Waals surface area (Å²) >= 11 is 0. The Morgan fingerprint density at radius 2 is 1.32 bits per heavy atom. The lowest BCUT2D eigenvalue weighted by Crippen LogP contribution is -2.40. The van der Waals surface area contributed by atoms with Gasteiger partial charge in [0, 0.05) is 0 Å². The molecule has 0 fully saturated rings. The smallest absolute Gasteiger partial charge is 0.458 e. The summed E-state index contributed by atoms with van der Waals surface area (Å²) < 4.78 is 26.6. The fourth-order valence-corrected chi connectivity index (χ4v) is 2.57. The predicted molar refractivity (Wildman–Crippen MR) is 136 cm³/mol. The van der Waals surface area contributed by atoms with Crippen molar-refractivity contribution in [1.29, 1.82) is 0 Å². The minimum Gasteiger partial charge on any atom is -0.458 e. The zero-order chi connectivity index (χ0) is 28.5. The number of benzene rings is 1. The SMILES string of the molecule is CCC(C)(C)OC(=O)O[C@@H](C)[C@H](C)OC(=O)[C@@H](N)Cc1ccc(OC(=O)C(C)C)c(OC(=O)C(C)C)c1. The van der Waals surface area contributed by atoms with E-state index in [0.717, 1.165) is 0 Å². The monoisotopic (exact) mass is 523 g/mol. The van der Waals surface area contributed by atoms with Gasteiger partial charge in [-0.2, -0.15) is 0 Å². The van der Waals surface area contributed by atoms with Crippen LogP contribution in [0.25, 0.3) is 0 Å². The van der Waals surface area contributed by atoms with E-state index in [-0.39, 0.29) is 23.8 Å². The van der Waals surface area contributed by atoms with Gasteiger partial charge < -0.3 is 29.4 Å². The largest absolute Gasteiger partial charge is 0.509 e. The van der Waals surface area contributed by atoms with Gasteiger partial charge in [-0.1, -0.05) is 40.7 Å². The molecule has 0 aliphatic heterocycles. The van der Waals surface area contributed by atoms with Gasteiger partial charge in [0.05, 0.1) is 11.8 Å². The second-order valence-electron chi connectivity index (χ2n) is 10.2. The van der Waals surface area contributed by atoms with Crippen LogP contribution >= 0.6 is 0 Å². The summed E-state index contributed by atoms with van der Waals surface area (Å²) in [5, 5.41) is 0. The molecule has 0 spiro atoms. The molecular weight excluding hydrogens is 482 g/mol. The van der Waals surface area contributed by atoms with E-state index < -0.39 is 53.8 Å². The molecule has 0 aliphatic rings. The summed E-state index contributed by atoms with van der Waals surface area (Å²) in [4.78, 5) is 48.8. The standard InChI is InChI=1S/C27H41NO9/c1-10-27(8,9)37-26(32)34-18(7)17(6)33-25(31)20(28)13-19-11-12-21(35-23(29)15(2)3)22(14-19)36-24(30)16(4)5/h11-12,14-18,20H,10,13,28H2,1-9H3/t17-,18-,20-/m0/s1.